The number of hydrogen-bond acceptors (Lipinski definition) is 3. The Morgan fingerprint density at radius 1 is 1.30 bits per heavy atom. The highest BCUT2D eigenvalue weighted by Crippen LogP contribution is 2.41. The average molecular weight is 352 g/mol. The van der Waals surface area contributed by atoms with Gasteiger partial charge in [0.1, 0.15) is 0 Å². The molecule has 0 spiro atoms. The fourth-order valence-electron chi connectivity index (χ4n) is 2.01. The molecule has 2 rings (SSSR count). The molecule has 0 saturated heterocycles. The lowest BCUT2D eigenvalue weighted by Crippen LogP contribution is -2.38. The summed E-state index contributed by atoms with van der Waals surface area (Å²) in [4.78, 5) is 43.7. The van der Waals surface area contributed by atoms with Crippen molar-refractivity contribution in [2.75, 3.05) is 0 Å². The highest BCUT2D eigenvalue weighted by molar-refractivity contribution is 7.52. The molecule has 0 aliphatic rings. The van der Waals surface area contributed by atoms with Gasteiger partial charge in [-0.2, -0.15) is 13.2 Å². The summed E-state index contributed by atoms with van der Waals surface area (Å²) in [5.74, 6) is 0. The van der Waals surface area contributed by atoms with E-state index in [1.807, 2.05) is 4.98 Å². The summed E-state index contributed by atoms with van der Waals surface area (Å²) in [6.45, 7) is 0.666. The number of benzene rings is 1. The van der Waals surface area contributed by atoms with Crippen molar-refractivity contribution in [3.05, 3.63) is 44.5 Å². The van der Waals surface area contributed by atoms with E-state index in [0.29, 0.717) is 6.07 Å². The Morgan fingerprint density at radius 3 is 2.43 bits per heavy atom. The normalized spacial score (nSPS) is 14.2. The van der Waals surface area contributed by atoms with Gasteiger partial charge in [-0.3, -0.25) is 14.2 Å². The predicted molar refractivity (Wildman–Crippen MR) is 75.3 cm³/mol. The molecule has 1 atom stereocenters. The van der Waals surface area contributed by atoms with Crippen LogP contribution in [0.4, 0.5) is 13.2 Å². The fraction of sp³-hybridized carbons (Fsp3) is 0.333. The molecular weight excluding hydrogens is 340 g/mol. The average Bonchev–Trinajstić information content (AvgIpc) is 2.40. The van der Waals surface area contributed by atoms with Gasteiger partial charge in [-0.15, -0.1) is 0 Å². The van der Waals surface area contributed by atoms with Gasteiger partial charge in [0.15, 0.2) is 0 Å². The third-order valence-corrected chi connectivity index (χ3v) is 4.63. The van der Waals surface area contributed by atoms with Crippen LogP contribution in [0.15, 0.2) is 27.8 Å². The standard InChI is InChI=1S/C12H12F3N2O5P/c1-6(23(20,21)22)5-17-9-3-2-7(12(13,14)15)4-8(9)16-10(18)11(17)19/h2-4,6H,5H2,1H3,(H,16,18)(H2,20,21,22). The van der Waals surface area contributed by atoms with E-state index < -0.39 is 42.7 Å². The first-order valence-electron chi connectivity index (χ1n) is 6.30. The number of nitrogens with one attached hydrogen (secondary N) is 1. The van der Waals surface area contributed by atoms with Gasteiger partial charge < -0.3 is 19.3 Å². The maximum absolute atomic E-state index is 12.7. The summed E-state index contributed by atoms with van der Waals surface area (Å²) in [6, 6.07) is 2.36. The monoisotopic (exact) mass is 352 g/mol. The van der Waals surface area contributed by atoms with E-state index in [-0.39, 0.29) is 11.0 Å². The molecule has 0 bridgehead atoms. The minimum Gasteiger partial charge on any atom is -0.324 e. The topological polar surface area (TPSA) is 112 Å². The van der Waals surface area contributed by atoms with Crippen LogP contribution in [0, 0.1) is 0 Å². The largest absolute Gasteiger partial charge is 0.416 e. The van der Waals surface area contributed by atoms with Crippen LogP contribution >= 0.6 is 7.60 Å². The molecule has 126 valence electrons. The van der Waals surface area contributed by atoms with Crippen LogP contribution in [-0.4, -0.2) is 25.0 Å². The molecule has 2 aromatic rings. The molecule has 0 amide bonds. The number of rotatable bonds is 3. The van der Waals surface area contributed by atoms with Crippen molar-refractivity contribution >= 4 is 18.6 Å². The van der Waals surface area contributed by atoms with E-state index in [2.05, 4.69) is 0 Å². The second-order valence-corrected chi connectivity index (χ2v) is 7.10. The molecule has 0 fully saturated rings. The highest BCUT2D eigenvalue weighted by atomic mass is 31.2. The fourth-order valence-corrected chi connectivity index (χ4v) is 2.38. The minimum atomic E-state index is -4.63. The van der Waals surface area contributed by atoms with Gasteiger partial charge in [0.2, 0.25) is 0 Å². The number of fused-ring (bicyclic) bond motifs is 1. The Balaban J connectivity index is 2.69. The van der Waals surface area contributed by atoms with Gasteiger partial charge in [-0.25, -0.2) is 0 Å². The van der Waals surface area contributed by atoms with Crippen LogP contribution in [0.5, 0.6) is 0 Å². The summed E-state index contributed by atoms with van der Waals surface area (Å²) in [5.41, 5.74) is -4.88. The lowest BCUT2D eigenvalue weighted by atomic mass is 10.2. The molecule has 0 radical (unpaired) electrons. The summed E-state index contributed by atoms with van der Waals surface area (Å²) in [6.07, 6.45) is -4.63. The zero-order chi connectivity index (χ0) is 17.6. The first-order chi connectivity index (χ1) is 10.4. The van der Waals surface area contributed by atoms with Gasteiger partial charge >= 0.3 is 24.9 Å². The molecule has 23 heavy (non-hydrogen) atoms. The lowest BCUT2D eigenvalue weighted by molar-refractivity contribution is -0.137. The van der Waals surface area contributed by atoms with Crippen molar-refractivity contribution in [3.63, 3.8) is 0 Å². The van der Waals surface area contributed by atoms with E-state index in [9.17, 15) is 27.3 Å². The third kappa shape index (κ3) is 3.54. The van der Waals surface area contributed by atoms with E-state index in [1.165, 1.54) is 6.92 Å². The first kappa shape index (κ1) is 17.5. The molecule has 1 unspecified atom stereocenters. The molecule has 0 aliphatic heterocycles. The molecule has 0 saturated carbocycles. The summed E-state index contributed by atoms with van der Waals surface area (Å²) in [5, 5.41) is 0. The Kier molecular flexibility index (Phi) is 4.27. The summed E-state index contributed by atoms with van der Waals surface area (Å²) in [7, 11) is -4.52. The third-order valence-electron chi connectivity index (χ3n) is 3.32. The number of H-pyrrole nitrogens is 1. The number of halogens is 3. The van der Waals surface area contributed by atoms with E-state index in [0.717, 1.165) is 16.7 Å². The Bertz CT molecular complexity index is 912. The SMILES string of the molecule is CC(Cn1c(=O)c(=O)[nH]c2cc(C(F)(F)F)ccc21)P(=O)(O)O. The number of alkyl halides is 3. The molecule has 0 aliphatic carbocycles. The Morgan fingerprint density at radius 2 is 1.91 bits per heavy atom. The zero-order valence-corrected chi connectivity index (χ0v) is 12.6. The Hall–Kier alpha value is -1.90. The minimum absolute atomic E-state index is 0.0529. The lowest BCUT2D eigenvalue weighted by Gasteiger charge is -2.17. The smallest absolute Gasteiger partial charge is 0.324 e. The second kappa shape index (κ2) is 5.63. The number of nitrogens with zero attached hydrogens (tertiary/aromatic N) is 1. The van der Waals surface area contributed by atoms with Crippen LogP contribution in [-0.2, 0) is 17.3 Å². The van der Waals surface area contributed by atoms with E-state index in [1.54, 1.807) is 0 Å². The number of hydrogen-bond donors (Lipinski definition) is 3. The predicted octanol–water partition coefficient (Wildman–Crippen LogP) is 1.27. The van der Waals surface area contributed by atoms with Crippen LogP contribution < -0.4 is 11.1 Å². The maximum atomic E-state index is 12.7. The maximum Gasteiger partial charge on any atom is 0.416 e. The second-order valence-electron chi connectivity index (χ2n) is 5.04. The van der Waals surface area contributed by atoms with Crippen LogP contribution in [0.1, 0.15) is 12.5 Å². The van der Waals surface area contributed by atoms with E-state index in [4.69, 9.17) is 9.79 Å². The van der Waals surface area contributed by atoms with Crippen molar-refractivity contribution in [1.29, 1.82) is 0 Å². The quantitative estimate of drug-likeness (QED) is 0.569. The van der Waals surface area contributed by atoms with Crippen molar-refractivity contribution in [2.45, 2.75) is 25.3 Å². The van der Waals surface area contributed by atoms with Gasteiger partial charge in [-0.05, 0) is 25.1 Å². The molecule has 1 aromatic carbocycles. The van der Waals surface area contributed by atoms with Crippen molar-refractivity contribution in [3.8, 4) is 0 Å². The van der Waals surface area contributed by atoms with Crippen molar-refractivity contribution < 1.29 is 27.5 Å². The van der Waals surface area contributed by atoms with Crippen LogP contribution in [0.3, 0.4) is 0 Å². The zero-order valence-electron chi connectivity index (χ0n) is 11.7. The van der Waals surface area contributed by atoms with Crippen LogP contribution in [0.2, 0.25) is 0 Å². The molecule has 1 heterocycles. The number of aromatic nitrogens is 2. The molecule has 7 nitrogen and oxygen atoms in total. The molecular formula is C12H12F3N2O5P. The van der Waals surface area contributed by atoms with E-state index >= 15 is 0 Å². The number of aromatic amines is 1. The van der Waals surface area contributed by atoms with Gasteiger partial charge in [0, 0.05) is 6.54 Å². The molecule has 3 N–H and O–H groups in total. The summed E-state index contributed by atoms with van der Waals surface area (Å²) < 4.78 is 50.1. The van der Waals surface area contributed by atoms with Gasteiger partial charge in [0.25, 0.3) is 0 Å². The molecule has 1 aromatic heterocycles. The molecule has 11 heteroatoms. The van der Waals surface area contributed by atoms with Crippen molar-refractivity contribution in [1.82, 2.24) is 9.55 Å². The first-order valence-corrected chi connectivity index (χ1v) is 7.98. The van der Waals surface area contributed by atoms with Gasteiger partial charge in [0.05, 0.1) is 22.3 Å². The summed E-state index contributed by atoms with van der Waals surface area (Å²) >= 11 is 0. The van der Waals surface area contributed by atoms with Crippen LogP contribution in [0.25, 0.3) is 11.0 Å². The Labute approximate surface area is 126 Å². The highest BCUT2D eigenvalue weighted by Gasteiger charge is 2.31. The van der Waals surface area contributed by atoms with Gasteiger partial charge in [-0.1, -0.05) is 0 Å². The van der Waals surface area contributed by atoms with Crippen molar-refractivity contribution in [2.24, 2.45) is 0 Å².